The average Bonchev–Trinajstić information content (AvgIpc) is 2.94. The summed E-state index contributed by atoms with van der Waals surface area (Å²) in [6.07, 6.45) is 1.90. The van der Waals surface area contributed by atoms with Crippen molar-refractivity contribution in [2.45, 2.75) is 19.8 Å². The number of nitrogens with zero attached hydrogens (tertiary/aromatic N) is 3. The maximum atomic E-state index is 5.73. The van der Waals surface area contributed by atoms with E-state index in [-0.39, 0.29) is 0 Å². The van der Waals surface area contributed by atoms with Crippen molar-refractivity contribution >= 4 is 28.3 Å². The molecule has 18 heavy (non-hydrogen) atoms. The molecule has 1 aromatic carbocycles. The van der Waals surface area contributed by atoms with Crippen LogP contribution in [0.2, 0.25) is 0 Å². The first kappa shape index (κ1) is 11.2. The molecule has 3 aromatic rings. The predicted octanol–water partition coefficient (Wildman–Crippen LogP) is 2.88. The SMILES string of the molecule is CCCc1nnsc1-c1nc2cc(N)ccc2o1. The second kappa shape index (κ2) is 4.38. The lowest BCUT2D eigenvalue weighted by Gasteiger charge is -1.93. The van der Waals surface area contributed by atoms with E-state index < -0.39 is 0 Å². The Morgan fingerprint density at radius 1 is 1.39 bits per heavy atom. The van der Waals surface area contributed by atoms with E-state index in [0.29, 0.717) is 11.6 Å². The predicted molar refractivity (Wildman–Crippen MR) is 71.3 cm³/mol. The molecule has 2 heterocycles. The van der Waals surface area contributed by atoms with E-state index in [1.165, 1.54) is 11.5 Å². The zero-order chi connectivity index (χ0) is 12.5. The number of hydrogen-bond acceptors (Lipinski definition) is 6. The summed E-state index contributed by atoms with van der Waals surface area (Å²) in [5.41, 5.74) is 8.85. The van der Waals surface area contributed by atoms with Crippen molar-refractivity contribution in [2.75, 3.05) is 5.73 Å². The Morgan fingerprint density at radius 3 is 3.11 bits per heavy atom. The fraction of sp³-hybridized carbons (Fsp3) is 0.250. The molecule has 0 saturated heterocycles. The number of fused-ring (bicyclic) bond motifs is 1. The minimum absolute atomic E-state index is 0.578. The Bertz CT molecular complexity index is 688. The molecule has 0 radical (unpaired) electrons. The number of nitrogens with two attached hydrogens (primary N) is 1. The molecule has 2 N–H and O–H groups in total. The maximum absolute atomic E-state index is 5.73. The molecule has 0 atom stereocenters. The van der Waals surface area contributed by atoms with Gasteiger partial charge in [-0.3, -0.25) is 0 Å². The summed E-state index contributed by atoms with van der Waals surface area (Å²) >= 11 is 1.31. The fourth-order valence-corrected chi connectivity index (χ4v) is 2.45. The highest BCUT2D eigenvalue weighted by atomic mass is 32.1. The third-order valence-electron chi connectivity index (χ3n) is 2.65. The van der Waals surface area contributed by atoms with Gasteiger partial charge in [0.15, 0.2) is 5.58 Å². The lowest BCUT2D eigenvalue weighted by Crippen LogP contribution is -1.86. The smallest absolute Gasteiger partial charge is 0.241 e. The molecule has 0 saturated carbocycles. The highest BCUT2D eigenvalue weighted by Gasteiger charge is 2.15. The number of oxazole rings is 1. The molecule has 0 amide bonds. The Labute approximate surface area is 108 Å². The molecule has 0 aliphatic rings. The number of aryl methyl sites for hydroxylation is 1. The first-order valence-electron chi connectivity index (χ1n) is 5.75. The van der Waals surface area contributed by atoms with Gasteiger partial charge in [-0.25, -0.2) is 4.98 Å². The Hall–Kier alpha value is -1.95. The summed E-state index contributed by atoms with van der Waals surface area (Å²) < 4.78 is 9.69. The van der Waals surface area contributed by atoms with Crippen molar-refractivity contribution in [1.82, 2.24) is 14.6 Å². The molecule has 92 valence electrons. The molecule has 0 spiro atoms. The van der Waals surface area contributed by atoms with Crippen LogP contribution >= 0.6 is 11.5 Å². The van der Waals surface area contributed by atoms with Gasteiger partial charge in [-0.15, -0.1) is 5.10 Å². The van der Waals surface area contributed by atoms with Gasteiger partial charge in [0.2, 0.25) is 5.89 Å². The van der Waals surface area contributed by atoms with Crippen LogP contribution in [0.25, 0.3) is 21.9 Å². The van der Waals surface area contributed by atoms with Gasteiger partial charge < -0.3 is 10.2 Å². The monoisotopic (exact) mass is 260 g/mol. The standard InChI is InChI=1S/C12H12N4OS/c1-2-3-8-11(18-16-15-8)12-14-9-6-7(13)4-5-10(9)17-12/h4-6H,2-3,13H2,1H3. The van der Waals surface area contributed by atoms with Crippen LogP contribution in [0, 0.1) is 0 Å². The van der Waals surface area contributed by atoms with Gasteiger partial charge in [-0.05, 0) is 36.2 Å². The van der Waals surface area contributed by atoms with Crippen LogP contribution in [-0.4, -0.2) is 14.6 Å². The summed E-state index contributed by atoms with van der Waals surface area (Å²) in [4.78, 5) is 5.35. The number of aromatic nitrogens is 3. The molecule has 5 nitrogen and oxygen atoms in total. The largest absolute Gasteiger partial charge is 0.435 e. The van der Waals surface area contributed by atoms with E-state index in [9.17, 15) is 0 Å². The van der Waals surface area contributed by atoms with Gasteiger partial charge in [0.25, 0.3) is 0 Å². The van der Waals surface area contributed by atoms with Crippen LogP contribution in [0.15, 0.2) is 22.6 Å². The zero-order valence-corrected chi connectivity index (χ0v) is 10.7. The van der Waals surface area contributed by atoms with Crippen molar-refractivity contribution in [2.24, 2.45) is 0 Å². The van der Waals surface area contributed by atoms with E-state index in [1.807, 2.05) is 6.07 Å². The summed E-state index contributed by atoms with van der Waals surface area (Å²) in [6.45, 7) is 2.11. The van der Waals surface area contributed by atoms with Crippen molar-refractivity contribution < 1.29 is 4.42 Å². The molecule has 0 fully saturated rings. The van der Waals surface area contributed by atoms with Crippen LogP contribution in [0.1, 0.15) is 19.0 Å². The molecule has 0 bridgehead atoms. The van der Waals surface area contributed by atoms with E-state index in [2.05, 4.69) is 21.5 Å². The molecular weight excluding hydrogens is 248 g/mol. The molecule has 0 aliphatic heterocycles. The first-order chi connectivity index (χ1) is 8.78. The van der Waals surface area contributed by atoms with Gasteiger partial charge in [-0.1, -0.05) is 17.8 Å². The highest BCUT2D eigenvalue weighted by Crippen LogP contribution is 2.30. The van der Waals surface area contributed by atoms with E-state index in [1.54, 1.807) is 12.1 Å². The summed E-state index contributed by atoms with van der Waals surface area (Å²) in [5, 5.41) is 4.11. The molecule has 0 unspecified atom stereocenters. The Kier molecular flexibility index (Phi) is 2.71. The van der Waals surface area contributed by atoms with E-state index in [0.717, 1.165) is 34.5 Å². The van der Waals surface area contributed by atoms with Crippen molar-refractivity contribution in [3.8, 4) is 10.8 Å². The number of benzene rings is 1. The van der Waals surface area contributed by atoms with Crippen LogP contribution in [0.3, 0.4) is 0 Å². The van der Waals surface area contributed by atoms with E-state index >= 15 is 0 Å². The molecule has 2 aromatic heterocycles. The molecule has 0 aliphatic carbocycles. The lowest BCUT2D eigenvalue weighted by molar-refractivity contribution is 0.620. The van der Waals surface area contributed by atoms with Gasteiger partial charge >= 0.3 is 0 Å². The summed E-state index contributed by atoms with van der Waals surface area (Å²) in [6, 6.07) is 5.43. The second-order valence-electron chi connectivity index (χ2n) is 4.04. The Balaban J connectivity index is 2.10. The number of rotatable bonds is 3. The fourth-order valence-electron chi connectivity index (χ4n) is 1.81. The summed E-state index contributed by atoms with van der Waals surface area (Å²) in [7, 11) is 0. The summed E-state index contributed by atoms with van der Waals surface area (Å²) in [5.74, 6) is 0.578. The quantitative estimate of drug-likeness (QED) is 0.732. The van der Waals surface area contributed by atoms with Gasteiger partial charge in [-0.2, -0.15) is 0 Å². The number of hydrogen-bond donors (Lipinski definition) is 1. The minimum atomic E-state index is 0.578. The third-order valence-corrected chi connectivity index (χ3v) is 3.40. The van der Waals surface area contributed by atoms with Crippen molar-refractivity contribution in [1.29, 1.82) is 0 Å². The van der Waals surface area contributed by atoms with Crippen LogP contribution in [-0.2, 0) is 6.42 Å². The maximum Gasteiger partial charge on any atom is 0.241 e. The van der Waals surface area contributed by atoms with E-state index in [4.69, 9.17) is 10.2 Å². The second-order valence-corrected chi connectivity index (χ2v) is 4.80. The van der Waals surface area contributed by atoms with Gasteiger partial charge in [0, 0.05) is 5.69 Å². The van der Waals surface area contributed by atoms with Crippen LogP contribution in [0.4, 0.5) is 5.69 Å². The number of anilines is 1. The van der Waals surface area contributed by atoms with Gasteiger partial charge in [0.1, 0.15) is 10.4 Å². The van der Waals surface area contributed by atoms with Crippen LogP contribution in [0.5, 0.6) is 0 Å². The Morgan fingerprint density at radius 2 is 2.28 bits per heavy atom. The third kappa shape index (κ3) is 1.84. The lowest BCUT2D eigenvalue weighted by atomic mass is 10.2. The molecular formula is C12H12N4OS. The molecule has 6 heteroatoms. The zero-order valence-electron chi connectivity index (χ0n) is 9.88. The topological polar surface area (TPSA) is 77.8 Å². The number of nitrogen functional groups attached to an aromatic ring is 1. The normalized spacial score (nSPS) is 11.2. The first-order valence-corrected chi connectivity index (χ1v) is 6.53. The highest BCUT2D eigenvalue weighted by molar-refractivity contribution is 7.09. The molecule has 3 rings (SSSR count). The average molecular weight is 260 g/mol. The van der Waals surface area contributed by atoms with Gasteiger partial charge in [0.05, 0.1) is 5.69 Å². The minimum Gasteiger partial charge on any atom is -0.435 e. The van der Waals surface area contributed by atoms with Crippen LogP contribution < -0.4 is 5.73 Å². The van der Waals surface area contributed by atoms with Crippen molar-refractivity contribution in [3.63, 3.8) is 0 Å². The van der Waals surface area contributed by atoms with Crippen molar-refractivity contribution in [3.05, 3.63) is 23.9 Å².